The average molecular weight is 347 g/mol. The fourth-order valence-electron chi connectivity index (χ4n) is 3.48. The van der Waals surface area contributed by atoms with E-state index in [2.05, 4.69) is 5.32 Å². The zero-order valence-electron chi connectivity index (χ0n) is 15.5. The molecule has 0 saturated carbocycles. The summed E-state index contributed by atoms with van der Waals surface area (Å²) in [6.07, 6.45) is 0.00306. The van der Waals surface area contributed by atoms with Crippen molar-refractivity contribution in [3.8, 4) is 0 Å². The van der Waals surface area contributed by atoms with E-state index in [1.807, 2.05) is 38.1 Å². The molecule has 1 amide bonds. The minimum atomic E-state index is -0.964. The first-order valence-electron chi connectivity index (χ1n) is 8.42. The van der Waals surface area contributed by atoms with Gasteiger partial charge in [0.25, 0.3) is 0 Å². The molecule has 25 heavy (non-hydrogen) atoms. The highest BCUT2D eigenvalue weighted by Gasteiger charge is 2.38. The molecule has 1 aliphatic rings. The van der Waals surface area contributed by atoms with Crippen LogP contribution in [0.2, 0.25) is 0 Å². The molecular formula is C18H26BNO5. The number of esters is 1. The number of amides is 1. The molecule has 1 heterocycles. The highest BCUT2D eigenvalue weighted by atomic mass is 16.6. The summed E-state index contributed by atoms with van der Waals surface area (Å²) in [5, 5.41) is 12.8. The van der Waals surface area contributed by atoms with Crippen LogP contribution in [-0.2, 0) is 19.0 Å². The maximum atomic E-state index is 12.6. The number of fused-ring (bicyclic) bond motifs is 1. The summed E-state index contributed by atoms with van der Waals surface area (Å²) in [5.41, 5.74) is 0.153. The largest absolute Gasteiger partial charge is 0.492 e. The van der Waals surface area contributed by atoms with Gasteiger partial charge in [-0.15, -0.1) is 0 Å². The lowest BCUT2D eigenvalue weighted by molar-refractivity contribution is -0.158. The standard InChI is InChI=1S/C18H26BNO5/c1-12(21)24-18(4,5)11-17(2,3)16(22)20-10-15-13-8-6-7-9-14(13)19(23)25-15/h6-9,15,23H,10-11H2,1-5H3,(H,20,22). The molecule has 1 aliphatic heterocycles. The molecule has 7 heteroatoms. The number of carbonyl (C=O) groups is 2. The Morgan fingerprint density at radius 3 is 2.56 bits per heavy atom. The van der Waals surface area contributed by atoms with Gasteiger partial charge >= 0.3 is 13.1 Å². The zero-order valence-corrected chi connectivity index (χ0v) is 15.5. The van der Waals surface area contributed by atoms with Gasteiger partial charge in [-0.3, -0.25) is 9.59 Å². The lowest BCUT2D eigenvalue weighted by Gasteiger charge is -2.33. The van der Waals surface area contributed by atoms with Crippen LogP contribution < -0.4 is 10.8 Å². The minimum Gasteiger partial charge on any atom is -0.460 e. The van der Waals surface area contributed by atoms with Crippen LogP contribution in [0.15, 0.2) is 24.3 Å². The van der Waals surface area contributed by atoms with E-state index in [4.69, 9.17) is 9.39 Å². The topological polar surface area (TPSA) is 84.9 Å². The first-order chi connectivity index (χ1) is 11.5. The van der Waals surface area contributed by atoms with Crippen molar-refractivity contribution in [3.63, 3.8) is 0 Å². The lowest BCUT2D eigenvalue weighted by Crippen LogP contribution is -2.44. The lowest BCUT2D eigenvalue weighted by atomic mass is 9.79. The van der Waals surface area contributed by atoms with Crippen molar-refractivity contribution in [1.29, 1.82) is 0 Å². The molecule has 2 rings (SSSR count). The molecule has 1 atom stereocenters. The molecule has 0 saturated heterocycles. The highest BCUT2D eigenvalue weighted by Crippen LogP contribution is 2.31. The van der Waals surface area contributed by atoms with Crippen LogP contribution in [0.4, 0.5) is 0 Å². The Morgan fingerprint density at radius 1 is 1.28 bits per heavy atom. The number of hydrogen-bond donors (Lipinski definition) is 2. The van der Waals surface area contributed by atoms with Crippen LogP contribution in [0.3, 0.4) is 0 Å². The molecule has 0 spiro atoms. The van der Waals surface area contributed by atoms with Crippen molar-refractivity contribution in [2.24, 2.45) is 5.41 Å². The summed E-state index contributed by atoms with van der Waals surface area (Å²) in [6.45, 7) is 8.82. The van der Waals surface area contributed by atoms with E-state index < -0.39 is 18.1 Å². The molecule has 0 aliphatic carbocycles. The second-order valence-electron chi connectivity index (χ2n) is 7.73. The predicted molar refractivity (Wildman–Crippen MR) is 95.1 cm³/mol. The smallest absolute Gasteiger partial charge is 0.460 e. The summed E-state index contributed by atoms with van der Waals surface area (Å²) in [4.78, 5) is 23.8. The maximum absolute atomic E-state index is 12.6. The molecule has 6 nitrogen and oxygen atoms in total. The second-order valence-corrected chi connectivity index (χ2v) is 7.73. The molecule has 0 bridgehead atoms. The Labute approximate surface area is 149 Å². The number of benzene rings is 1. The van der Waals surface area contributed by atoms with Crippen LogP contribution in [0, 0.1) is 5.41 Å². The van der Waals surface area contributed by atoms with E-state index in [9.17, 15) is 14.6 Å². The number of rotatable bonds is 6. The molecule has 2 N–H and O–H groups in total. The maximum Gasteiger partial charge on any atom is 0.492 e. The number of carbonyl (C=O) groups excluding carboxylic acids is 2. The van der Waals surface area contributed by atoms with E-state index in [0.717, 1.165) is 11.0 Å². The average Bonchev–Trinajstić information content (AvgIpc) is 2.79. The number of ether oxygens (including phenoxy) is 1. The molecule has 1 aromatic rings. The summed E-state index contributed by atoms with van der Waals surface area (Å²) in [6, 6.07) is 7.41. The van der Waals surface area contributed by atoms with Crippen molar-refractivity contribution in [2.75, 3.05) is 6.54 Å². The van der Waals surface area contributed by atoms with Crippen molar-refractivity contribution in [2.45, 2.75) is 52.7 Å². The van der Waals surface area contributed by atoms with Gasteiger partial charge in [-0.05, 0) is 24.9 Å². The Morgan fingerprint density at radius 2 is 1.92 bits per heavy atom. The van der Waals surface area contributed by atoms with Crippen LogP contribution in [0.25, 0.3) is 0 Å². The van der Waals surface area contributed by atoms with Gasteiger partial charge in [0, 0.05) is 25.3 Å². The van der Waals surface area contributed by atoms with Crippen molar-refractivity contribution < 1.29 is 24.0 Å². The van der Waals surface area contributed by atoms with E-state index in [1.54, 1.807) is 13.8 Å². The first-order valence-corrected chi connectivity index (χ1v) is 8.42. The van der Waals surface area contributed by atoms with E-state index in [1.165, 1.54) is 6.92 Å². The van der Waals surface area contributed by atoms with E-state index >= 15 is 0 Å². The second kappa shape index (κ2) is 7.18. The van der Waals surface area contributed by atoms with Gasteiger partial charge in [0.2, 0.25) is 5.91 Å². The Balaban J connectivity index is 1.97. The summed E-state index contributed by atoms with van der Waals surface area (Å²) in [5.74, 6) is -0.527. The molecule has 0 radical (unpaired) electrons. The Kier molecular flexibility index (Phi) is 5.59. The monoisotopic (exact) mass is 347 g/mol. The van der Waals surface area contributed by atoms with Crippen molar-refractivity contribution >= 4 is 24.5 Å². The molecule has 136 valence electrons. The highest BCUT2D eigenvalue weighted by molar-refractivity contribution is 6.61. The van der Waals surface area contributed by atoms with E-state index in [-0.39, 0.29) is 24.5 Å². The van der Waals surface area contributed by atoms with Gasteiger partial charge in [0.05, 0.1) is 6.10 Å². The third-order valence-corrected chi connectivity index (χ3v) is 4.25. The zero-order chi connectivity index (χ0) is 18.8. The first kappa shape index (κ1) is 19.5. The van der Waals surface area contributed by atoms with Gasteiger partial charge in [-0.25, -0.2) is 0 Å². The van der Waals surface area contributed by atoms with Crippen LogP contribution in [0.1, 0.15) is 52.7 Å². The van der Waals surface area contributed by atoms with E-state index in [0.29, 0.717) is 6.42 Å². The van der Waals surface area contributed by atoms with Gasteiger partial charge in [0.15, 0.2) is 0 Å². The van der Waals surface area contributed by atoms with Crippen molar-refractivity contribution in [1.82, 2.24) is 5.32 Å². The predicted octanol–water partition coefficient (Wildman–Crippen LogP) is 1.32. The normalized spacial score (nSPS) is 17.2. The van der Waals surface area contributed by atoms with Crippen LogP contribution in [0.5, 0.6) is 0 Å². The van der Waals surface area contributed by atoms with Gasteiger partial charge in [-0.2, -0.15) is 0 Å². The van der Waals surface area contributed by atoms with Crippen molar-refractivity contribution in [3.05, 3.63) is 29.8 Å². The molecule has 1 aromatic carbocycles. The molecule has 1 unspecified atom stereocenters. The fraction of sp³-hybridized carbons (Fsp3) is 0.556. The van der Waals surface area contributed by atoms with Crippen LogP contribution in [-0.4, -0.2) is 36.2 Å². The quantitative estimate of drug-likeness (QED) is 0.599. The number of nitrogens with one attached hydrogen (secondary N) is 1. The summed E-state index contributed by atoms with van der Waals surface area (Å²) in [7, 11) is -0.964. The fourth-order valence-corrected chi connectivity index (χ4v) is 3.48. The van der Waals surface area contributed by atoms with Gasteiger partial charge in [0.1, 0.15) is 5.60 Å². The van der Waals surface area contributed by atoms with Gasteiger partial charge < -0.3 is 19.7 Å². The van der Waals surface area contributed by atoms with Crippen LogP contribution >= 0.6 is 0 Å². The Hall–Kier alpha value is -1.86. The molecule has 0 fully saturated rings. The minimum absolute atomic E-state index is 0.157. The molecule has 0 aromatic heterocycles. The number of hydrogen-bond acceptors (Lipinski definition) is 5. The SMILES string of the molecule is CC(=O)OC(C)(C)CC(C)(C)C(=O)NCC1OB(O)c2ccccc21. The molecular weight excluding hydrogens is 321 g/mol. The third kappa shape index (κ3) is 4.83. The van der Waals surface area contributed by atoms with Gasteiger partial charge in [-0.1, -0.05) is 38.1 Å². The Bertz CT molecular complexity index is 659. The summed E-state index contributed by atoms with van der Waals surface area (Å²) >= 11 is 0. The third-order valence-electron chi connectivity index (χ3n) is 4.25. The summed E-state index contributed by atoms with van der Waals surface area (Å²) < 4.78 is 10.8.